The van der Waals surface area contributed by atoms with Crippen LogP contribution in [0.5, 0.6) is 0 Å². The van der Waals surface area contributed by atoms with Gasteiger partial charge in [0.05, 0.1) is 0 Å². The van der Waals surface area contributed by atoms with Crippen molar-refractivity contribution in [3.05, 3.63) is 29.8 Å². The Balaban J connectivity index is 0.00000242. The summed E-state index contributed by atoms with van der Waals surface area (Å²) in [5, 5.41) is 2.91. The molecule has 1 heterocycles. The molecule has 4 nitrogen and oxygen atoms in total. The zero-order chi connectivity index (χ0) is 15.1. The summed E-state index contributed by atoms with van der Waals surface area (Å²) in [6.07, 6.45) is 5.18. The molecule has 2 rings (SSSR count). The lowest BCUT2D eigenvalue weighted by molar-refractivity contribution is -0.116. The van der Waals surface area contributed by atoms with E-state index >= 15 is 0 Å². The molecule has 0 bridgehead atoms. The number of carbonyl (C=O) groups is 1. The van der Waals surface area contributed by atoms with Gasteiger partial charge in [-0.1, -0.05) is 18.6 Å². The predicted octanol–water partition coefficient (Wildman–Crippen LogP) is 3.58. The Kier molecular flexibility index (Phi) is 11.3. The minimum atomic E-state index is 0. The van der Waals surface area contributed by atoms with E-state index in [4.69, 9.17) is 5.73 Å². The molecular weight excluding hydrogens is 333 g/mol. The van der Waals surface area contributed by atoms with Crippen molar-refractivity contribution in [1.82, 2.24) is 4.90 Å². The molecule has 23 heavy (non-hydrogen) atoms. The molecular formula is C17H29Cl2N3O. The van der Waals surface area contributed by atoms with Gasteiger partial charge in [-0.05, 0) is 57.0 Å². The van der Waals surface area contributed by atoms with E-state index in [1.54, 1.807) is 0 Å². The van der Waals surface area contributed by atoms with Gasteiger partial charge in [-0.3, -0.25) is 9.69 Å². The highest BCUT2D eigenvalue weighted by atomic mass is 35.5. The molecule has 0 spiro atoms. The average Bonchev–Trinajstić information content (AvgIpc) is 2.49. The third-order valence-corrected chi connectivity index (χ3v) is 4.17. The molecule has 0 aromatic heterocycles. The van der Waals surface area contributed by atoms with Crippen LogP contribution in [0, 0.1) is 0 Å². The maximum absolute atomic E-state index is 11.6. The number of halogens is 2. The number of hydrogen-bond acceptors (Lipinski definition) is 3. The molecule has 132 valence electrons. The molecule has 1 atom stereocenters. The van der Waals surface area contributed by atoms with E-state index in [9.17, 15) is 4.79 Å². The van der Waals surface area contributed by atoms with Crippen LogP contribution in [0.2, 0.25) is 0 Å². The summed E-state index contributed by atoms with van der Waals surface area (Å²) >= 11 is 0. The van der Waals surface area contributed by atoms with Crippen LogP contribution in [0.3, 0.4) is 0 Å². The number of likely N-dealkylation sites (tertiary alicyclic amines) is 1. The summed E-state index contributed by atoms with van der Waals surface area (Å²) in [4.78, 5) is 14.2. The fourth-order valence-electron chi connectivity index (χ4n) is 2.81. The molecule has 0 aliphatic carbocycles. The zero-order valence-corrected chi connectivity index (χ0v) is 15.4. The van der Waals surface area contributed by atoms with Crippen molar-refractivity contribution in [3.63, 3.8) is 0 Å². The van der Waals surface area contributed by atoms with Gasteiger partial charge in [0.1, 0.15) is 0 Å². The number of rotatable bonds is 6. The predicted molar refractivity (Wildman–Crippen MR) is 102 cm³/mol. The first-order valence-electron chi connectivity index (χ1n) is 8.02. The lowest BCUT2D eigenvalue weighted by atomic mass is 10.0. The number of amides is 1. The van der Waals surface area contributed by atoms with E-state index in [1.807, 2.05) is 12.1 Å². The first kappa shape index (κ1) is 22.2. The average molecular weight is 362 g/mol. The Morgan fingerprint density at radius 3 is 2.57 bits per heavy atom. The molecule has 1 aromatic carbocycles. The standard InChI is InChI=1S/C17H27N3O.2ClH/c1-14-5-2-3-12-20(14)13-15-7-9-16(10-8-15)19-17(21)6-4-11-18;;/h7-10,14H,2-6,11-13,18H2,1H3,(H,19,21);2*1H. The highest BCUT2D eigenvalue weighted by molar-refractivity contribution is 5.90. The van der Waals surface area contributed by atoms with Crippen LogP contribution < -0.4 is 11.1 Å². The highest BCUT2D eigenvalue weighted by Gasteiger charge is 2.17. The van der Waals surface area contributed by atoms with E-state index in [2.05, 4.69) is 29.3 Å². The summed E-state index contributed by atoms with van der Waals surface area (Å²) < 4.78 is 0. The molecule has 1 saturated heterocycles. The molecule has 0 saturated carbocycles. The summed E-state index contributed by atoms with van der Waals surface area (Å²) in [5.74, 6) is 0.0397. The Labute approximate surface area is 152 Å². The molecule has 1 aromatic rings. The Hall–Kier alpha value is -0.810. The summed E-state index contributed by atoms with van der Waals surface area (Å²) in [6.45, 7) is 5.06. The van der Waals surface area contributed by atoms with Crippen LogP contribution in [0.1, 0.15) is 44.6 Å². The van der Waals surface area contributed by atoms with Crippen LogP contribution in [0.25, 0.3) is 0 Å². The number of benzene rings is 1. The van der Waals surface area contributed by atoms with Crippen LogP contribution in [0.15, 0.2) is 24.3 Å². The topological polar surface area (TPSA) is 58.4 Å². The second kappa shape index (κ2) is 11.7. The number of piperidine rings is 1. The first-order valence-corrected chi connectivity index (χ1v) is 8.02. The molecule has 6 heteroatoms. The molecule has 1 aliphatic rings. The number of anilines is 1. The monoisotopic (exact) mass is 361 g/mol. The van der Waals surface area contributed by atoms with Crippen molar-refractivity contribution in [3.8, 4) is 0 Å². The van der Waals surface area contributed by atoms with Gasteiger partial charge in [0.2, 0.25) is 5.91 Å². The van der Waals surface area contributed by atoms with Crippen LogP contribution in [-0.4, -0.2) is 29.9 Å². The van der Waals surface area contributed by atoms with Crippen molar-refractivity contribution in [2.45, 2.75) is 51.6 Å². The van der Waals surface area contributed by atoms with Crippen molar-refractivity contribution in [2.24, 2.45) is 5.73 Å². The van der Waals surface area contributed by atoms with Crippen molar-refractivity contribution < 1.29 is 4.79 Å². The number of nitrogens with zero attached hydrogens (tertiary/aromatic N) is 1. The molecule has 1 fully saturated rings. The normalized spacial score (nSPS) is 17.7. The largest absolute Gasteiger partial charge is 0.330 e. The van der Waals surface area contributed by atoms with E-state index < -0.39 is 0 Å². The second-order valence-electron chi connectivity index (χ2n) is 5.95. The third kappa shape index (κ3) is 7.53. The third-order valence-electron chi connectivity index (χ3n) is 4.17. The van der Waals surface area contributed by atoms with Gasteiger partial charge in [0.25, 0.3) is 0 Å². The SMILES string of the molecule is CC1CCCCN1Cc1ccc(NC(=O)CCCN)cc1.Cl.Cl. The number of hydrogen-bond donors (Lipinski definition) is 2. The van der Waals surface area contributed by atoms with Crippen LogP contribution in [-0.2, 0) is 11.3 Å². The molecule has 0 radical (unpaired) electrons. The minimum Gasteiger partial charge on any atom is -0.330 e. The summed E-state index contributed by atoms with van der Waals surface area (Å²) in [5.41, 5.74) is 7.58. The van der Waals surface area contributed by atoms with Crippen molar-refractivity contribution in [2.75, 3.05) is 18.4 Å². The van der Waals surface area contributed by atoms with Crippen molar-refractivity contribution >= 4 is 36.4 Å². The highest BCUT2D eigenvalue weighted by Crippen LogP contribution is 2.20. The lowest BCUT2D eigenvalue weighted by Gasteiger charge is -2.33. The molecule has 3 N–H and O–H groups in total. The first-order chi connectivity index (χ1) is 10.2. The molecule has 1 unspecified atom stereocenters. The maximum Gasteiger partial charge on any atom is 0.224 e. The smallest absolute Gasteiger partial charge is 0.224 e. The van der Waals surface area contributed by atoms with E-state index in [0.29, 0.717) is 19.0 Å². The molecule has 1 amide bonds. The van der Waals surface area contributed by atoms with Crippen LogP contribution in [0.4, 0.5) is 5.69 Å². The zero-order valence-electron chi connectivity index (χ0n) is 13.8. The number of carbonyl (C=O) groups excluding carboxylic acids is 1. The van der Waals surface area contributed by atoms with Gasteiger partial charge < -0.3 is 11.1 Å². The van der Waals surface area contributed by atoms with E-state index in [1.165, 1.54) is 31.4 Å². The Morgan fingerprint density at radius 1 is 1.26 bits per heavy atom. The summed E-state index contributed by atoms with van der Waals surface area (Å²) in [7, 11) is 0. The summed E-state index contributed by atoms with van der Waals surface area (Å²) in [6, 6.07) is 8.88. The fraction of sp³-hybridized carbons (Fsp3) is 0.588. The second-order valence-corrected chi connectivity index (χ2v) is 5.95. The Bertz CT molecular complexity index is 454. The minimum absolute atomic E-state index is 0. The van der Waals surface area contributed by atoms with Crippen LogP contribution >= 0.6 is 24.8 Å². The number of nitrogens with two attached hydrogens (primary N) is 1. The van der Waals surface area contributed by atoms with Gasteiger partial charge in [-0.15, -0.1) is 24.8 Å². The van der Waals surface area contributed by atoms with Gasteiger partial charge in [-0.25, -0.2) is 0 Å². The van der Waals surface area contributed by atoms with Gasteiger partial charge in [-0.2, -0.15) is 0 Å². The fourth-order valence-corrected chi connectivity index (χ4v) is 2.81. The maximum atomic E-state index is 11.6. The number of nitrogens with one attached hydrogen (secondary N) is 1. The van der Waals surface area contributed by atoms with E-state index in [0.717, 1.165) is 18.7 Å². The van der Waals surface area contributed by atoms with Crippen molar-refractivity contribution in [1.29, 1.82) is 0 Å². The van der Waals surface area contributed by atoms with Gasteiger partial charge >= 0.3 is 0 Å². The van der Waals surface area contributed by atoms with E-state index in [-0.39, 0.29) is 30.7 Å². The van der Waals surface area contributed by atoms with Gasteiger partial charge in [0, 0.05) is 24.7 Å². The Morgan fingerprint density at radius 2 is 1.96 bits per heavy atom. The van der Waals surface area contributed by atoms with Gasteiger partial charge in [0.15, 0.2) is 0 Å². The molecule has 1 aliphatic heterocycles. The lowest BCUT2D eigenvalue weighted by Crippen LogP contribution is -2.36. The quantitative estimate of drug-likeness (QED) is 0.813.